The molecule has 0 amide bonds. The molecule has 0 heterocycles. The second-order valence-electron chi connectivity index (χ2n) is 2.85. The summed E-state index contributed by atoms with van der Waals surface area (Å²) in [5.74, 6) is -5.52. The molecule has 0 aliphatic carbocycles. The van der Waals surface area contributed by atoms with Crippen LogP contribution in [-0.4, -0.2) is 42.7 Å². The zero-order valence-electron chi connectivity index (χ0n) is 7.63. The van der Waals surface area contributed by atoms with Gasteiger partial charge in [-0.05, 0) is 6.42 Å². The molecular formula is C7H11F4NO3. The van der Waals surface area contributed by atoms with Crippen LogP contribution in [0.5, 0.6) is 0 Å². The number of hydrogen-bond donors (Lipinski definition) is 2. The summed E-state index contributed by atoms with van der Waals surface area (Å²) in [7, 11) is 0. The number of nitrogens with two attached hydrogens (primary N) is 1. The Labute approximate surface area is 83.0 Å². The third-order valence-corrected chi connectivity index (χ3v) is 1.50. The van der Waals surface area contributed by atoms with Crippen LogP contribution in [0.1, 0.15) is 6.42 Å². The van der Waals surface area contributed by atoms with Crippen LogP contribution in [0.4, 0.5) is 17.6 Å². The maximum Gasteiger partial charge on any atom is 0.330 e. The van der Waals surface area contributed by atoms with Crippen molar-refractivity contribution < 1.29 is 32.2 Å². The van der Waals surface area contributed by atoms with Gasteiger partial charge in [0.1, 0.15) is 12.6 Å². The molecule has 15 heavy (non-hydrogen) atoms. The van der Waals surface area contributed by atoms with Crippen molar-refractivity contribution in [3.05, 3.63) is 0 Å². The molecule has 90 valence electrons. The predicted octanol–water partition coefficient (Wildman–Crippen LogP) is 0.705. The summed E-state index contributed by atoms with van der Waals surface area (Å²) < 4.78 is 51.8. The number of carboxylic acids is 1. The van der Waals surface area contributed by atoms with E-state index in [4.69, 9.17) is 10.8 Å². The highest BCUT2D eigenvalue weighted by Gasteiger charge is 2.40. The van der Waals surface area contributed by atoms with E-state index in [-0.39, 0.29) is 6.42 Å². The Bertz CT molecular complexity index is 212. The van der Waals surface area contributed by atoms with E-state index in [1.54, 1.807) is 0 Å². The molecule has 1 unspecified atom stereocenters. The first-order chi connectivity index (χ1) is 6.77. The van der Waals surface area contributed by atoms with Crippen molar-refractivity contribution in [3.63, 3.8) is 0 Å². The van der Waals surface area contributed by atoms with E-state index in [9.17, 15) is 22.4 Å². The maximum atomic E-state index is 12.2. The number of alkyl halides is 4. The van der Waals surface area contributed by atoms with Gasteiger partial charge < -0.3 is 15.6 Å². The highest BCUT2D eigenvalue weighted by molar-refractivity contribution is 5.72. The number of carbonyl (C=O) groups is 1. The number of hydrogen-bond acceptors (Lipinski definition) is 3. The summed E-state index contributed by atoms with van der Waals surface area (Å²) in [6.07, 6.45) is -4.01. The second-order valence-corrected chi connectivity index (χ2v) is 2.85. The SMILES string of the molecule is NC(CCOCC(F)(F)C(F)F)C(=O)O. The van der Waals surface area contributed by atoms with Crippen molar-refractivity contribution in [3.8, 4) is 0 Å². The molecule has 3 N–H and O–H groups in total. The quantitative estimate of drug-likeness (QED) is 0.501. The average Bonchev–Trinajstić information content (AvgIpc) is 2.11. The van der Waals surface area contributed by atoms with Crippen molar-refractivity contribution in [1.82, 2.24) is 0 Å². The van der Waals surface area contributed by atoms with Crippen LogP contribution < -0.4 is 5.73 Å². The fraction of sp³-hybridized carbons (Fsp3) is 0.857. The highest BCUT2D eigenvalue weighted by Crippen LogP contribution is 2.22. The van der Waals surface area contributed by atoms with Gasteiger partial charge >= 0.3 is 18.3 Å². The van der Waals surface area contributed by atoms with E-state index in [2.05, 4.69) is 4.74 Å². The summed E-state index contributed by atoms with van der Waals surface area (Å²) in [5.41, 5.74) is 5.01. The summed E-state index contributed by atoms with van der Waals surface area (Å²) in [6.45, 7) is -1.85. The first-order valence-electron chi connectivity index (χ1n) is 3.99. The van der Waals surface area contributed by atoms with Gasteiger partial charge in [0.2, 0.25) is 0 Å². The molecule has 4 nitrogen and oxygen atoms in total. The molecule has 0 aromatic heterocycles. The molecule has 1 atom stereocenters. The summed E-state index contributed by atoms with van der Waals surface area (Å²) in [5, 5.41) is 8.28. The van der Waals surface area contributed by atoms with Crippen molar-refractivity contribution in [2.75, 3.05) is 13.2 Å². The van der Waals surface area contributed by atoms with Crippen molar-refractivity contribution >= 4 is 5.97 Å². The fourth-order valence-corrected chi connectivity index (χ4v) is 0.605. The second kappa shape index (κ2) is 5.86. The van der Waals surface area contributed by atoms with E-state index in [1.807, 2.05) is 0 Å². The van der Waals surface area contributed by atoms with Crippen LogP contribution in [0.25, 0.3) is 0 Å². The topological polar surface area (TPSA) is 72.5 Å². The molecule has 0 aromatic rings. The molecule has 0 spiro atoms. The molecular weight excluding hydrogens is 222 g/mol. The Balaban J connectivity index is 3.67. The highest BCUT2D eigenvalue weighted by atomic mass is 19.3. The molecule has 0 radical (unpaired) electrons. The number of halogens is 4. The third-order valence-electron chi connectivity index (χ3n) is 1.50. The van der Waals surface area contributed by atoms with Gasteiger partial charge in [0.05, 0.1) is 0 Å². The van der Waals surface area contributed by atoms with Gasteiger partial charge in [0.15, 0.2) is 0 Å². The Hall–Kier alpha value is -0.890. The van der Waals surface area contributed by atoms with Gasteiger partial charge in [0.25, 0.3) is 0 Å². The molecule has 0 saturated carbocycles. The first-order valence-corrected chi connectivity index (χ1v) is 3.99. The Morgan fingerprint density at radius 3 is 2.40 bits per heavy atom. The minimum Gasteiger partial charge on any atom is -0.480 e. The van der Waals surface area contributed by atoms with Gasteiger partial charge in [-0.2, -0.15) is 8.78 Å². The smallest absolute Gasteiger partial charge is 0.330 e. The van der Waals surface area contributed by atoms with Gasteiger partial charge in [-0.3, -0.25) is 4.79 Å². The van der Waals surface area contributed by atoms with Crippen LogP contribution >= 0.6 is 0 Å². The molecule has 0 aliphatic rings. The molecule has 0 bridgehead atoms. The van der Waals surface area contributed by atoms with Gasteiger partial charge in [-0.25, -0.2) is 8.78 Å². The molecule has 0 rings (SSSR count). The predicted molar refractivity (Wildman–Crippen MR) is 42.0 cm³/mol. The zero-order valence-corrected chi connectivity index (χ0v) is 7.63. The van der Waals surface area contributed by atoms with Crippen LogP contribution in [0.3, 0.4) is 0 Å². The summed E-state index contributed by atoms with van der Waals surface area (Å²) >= 11 is 0. The van der Waals surface area contributed by atoms with Gasteiger partial charge in [0, 0.05) is 6.61 Å². The summed E-state index contributed by atoms with van der Waals surface area (Å²) in [6, 6.07) is -1.25. The Morgan fingerprint density at radius 2 is 2.00 bits per heavy atom. The zero-order chi connectivity index (χ0) is 12.1. The van der Waals surface area contributed by atoms with Crippen LogP contribution in [0, 0.1) is 0 Å². The van der Waals surface area contributed by atoms with E-state index < -0.39 is 37.6 Å². The largest absolute Gasteiger partial charge is 0.480 e. The van der Waals surface area contributed by atoms with E-state index in [0.29, 0.717) is 0 Å². The van der Waals surface area contributed by atoms with Crippen molar-refractivity contribution in [2.24, 2.45) is 5.73 Å². The lowest BCUT2D eigenvalue weighted by Crippen LogP contribution is -2.34. The van der Waals surface area contributed by atoms with E-state index in [0.717, 1.165) is 0 Å². The maximum absolute atomic E-state index is 12.2. The standard InChI is InChI=1S/C7H11F4NO3/c8-6(9)7(10,11)3-15-2-1-4(12)5(13)14/h4,6H,1-3,12H2,(H,13,14). The normalized spacial score (nSPS) is 14.3. The molecule has 0 aromatic carbocycles. The lowest BCUT2D eigenvalue weighted by Gasteiger charge is -2.15. The van der Waals surface area contributed by atoms with Crippen LogP contribution in [0.15, 0.2) is 0 Å². The van der Waals surface area contributed by atoms with Crippen LogP contribution in [-0.2, 0) is 9.53 Å². The minimum absolute atomic E-state index is 0.214. The first kappa shape index (κ1) is 14.1. The molecule has 0 aliphatic heterocycles. The minimum atomic E-state index is -4.21. The van der Waals surface area contributed by atoms with Gasteiger partial charge in [-0.1, -0.05) is 0 Å². The third kappa shape index (κ3) is 5.53. The van der Waals surface area contributed by atoms with E-state index >= 15 is 0 Å². The van der Waals surface area contributed by atoms with E-state index in [1.165, 1.54) is 0 Å². The number of aliphatic carboxylic acids is 1. The molecule has 8 heteroatoms. The van der Waals surface area contributed by atoms with Crippen molar-refractivity contribution in [1.29, 1.82) is 0 Å². The lowest BCUT2D eigenvalue weighted by molar-refractivity contribution is -0.166. The summed E-state index contributed by atoms with van der Waals surface area (Å²) in [4.78, 5) is 10.1. The monoisotopic (exact) mass is 233 g/mol. The average molecular weight is 233 g/mol. The number of carboxylic acid groups (broad SMARTS) is 1. The molecule has 0 saturated heterocycles. The van der Waals surface area contributed by atoms with Gasteiger partial charge in [-0.15, -0.1) is 0 Å². The number of ether oxygens (including phenoxy) is 1. The lowest BCUT2D eigenvalue weighted by atomic mass is 10.2. The molecule has 0 fully saturated rings. The Kier molecular flexibility index (Phi) is 5.51. The van der Waals surface area contributed by atoms with Crippen LogP contribution in [0.2, 0.25) is 0 Å². The number of rotatable bonds is 7. The Morgan fingerprint density at radius 1 is 1.47 bits per heavy atom. The van der Waals surface area contributed by atoms with Crippen molar-refractivity contribution in [2.45, 2.75) is 24.8 Å². The fourth-order valence-electron chi connectivity index (χ4n) is 0.605.